The van der Waals surface area contributed by atoms with Crippen molar-refractivity contribution < 1.29 is 71.5 Å². The van der Waals surface area contributed by atoms with E-state index < -0.39 is 24.4 Å². The van der Waals surface area contributed by atoms with Gasteiger partial charge < -0.3 is 71.5 Å². The van der Waals surface area contributed by atoms with E-state index in [-0.39, 0.29) is 88.0 Å². The van der Waals surface area contributed by atoms with Crippen molar-refractivity contribution in [2.75, 3.05) is 19.8 Å². The summed E-state index contributed by atoms with van der Waals surface area (Å²) in [6.07, 6.45) is -4.85. The smallest absolute Gasteiger partial charge is 0.408 e. The first-order valence-corrected chi connectivity index (χ1v) is 28.8. The molecule has 5 heterocycles. The Morgan fingerprint density at radius 3 is 0.927 bits per heavy atom. The van der Waals surface area contributed by atoms with Gasteiger partial charge in [0.1, 0.15) is 61.0 Å². The standard InChI is InChI=1S/2C22H27BO5.C21H26O5/c2*1-16-20(24-13-17-9-5-3-6-10-17)22(25-14-18-11-7-4-8-12-18)21-19(27-16)15-26-23(2)28-21;1-15-20(24-13-16-8-4-2-5-9-16)21(19(23)18(12-22)26-15)25-14-17-10-6-3-7-11-17/h2*3-12,16,19-22H,13-15H2,1-2H3;2-11,15,18-23H,12-14H2,1H3/t16-,19?,20?,21+,22-;;15-,18?,19+,20?,21-/m0.0/s1. The highest BCUT2D eigenvalue weighted by atomic mass is 16.7. The van der Waals surface area contributed by atoms with E-state index in [1.165, 1.54) is 0 Å². The van der Waals surface area contributed by atoms with Crippen LogP contribution in [0.1, 0.15) is 54.2 Å². The summed E-state index contributed by atoms with van der Waals surface area (Å²) < 4.78 is 78.9. The summed E-state index contributed by atoms with van der Waals surface area (Å²) in [5.41, 5.74) is 6.56. The van der Waals surface area contributed by atoms with Crippen LogP contribution in [-0.2, 0) is 101 Å². The number of aliphatic hydroxyl groups excluding tert-OH is 2. The maximum absolute atomic E-state index is 10.6. The molecule has 5 saturated heterocycles. The molecule has 11 rings (SSSR count). The van der Waals surface area contributed by atoms with Crippen molar-refractivity contribution in [3.8, 4) is 0 Å². The molecule has 6 aromatic rings. The number of ether oxygens (including phenoxy) is 9. The number of fused-ring (bicyclic) bond motifs is 2. The lowest BCUT2D eigenvalue weighted by Gasteiger charge is -2.48. The van der Waals surface area contributed by atoms with E-state index in [2.05, 4.69) is 48.5 Å². The van der Waals surface area contributed by atoms with Crippen LogP contribution in [0.25, 0.3) is 0 Å². The molecule has 0 bridgehead atoms. The Hall–Kier alpha value is -5.15. The third-order valence-electron chi connectivity index (χ3n) is 15.2. The van der Waals surface area contributed by atoms with Crippen molar-refractivity contribution in [1.82, 2.24) is 0 Å². The van der Waals surface area contributed by atoms with E-state index >= 15 is 0 Å². The fraction of sp³-hybridized carbons (Fsp3) is 0.446. The highest BCUT2D eigenvalue weighted by molar-refractivity contribution is 6.43. The van der Waals surface area contributed by atoms with Gasteiger partial charge in [0.25, 0.3) is 0 Å². The van der Waals surface area contributed by atoms with Gasteiger partial charge >= 0.3 is 14.2 Å². The van der Waals surface area contributed by atoms with E-state index in [1.54, 1.807) is 0 Å². The van der Waals surface area contributed by atoms with Gasteiger partial charge in [-0.25, -0.2) is 0 Å². The highest BCUT2D eigenvalue weighted by Gasteiger charge is 2.51. The van der Waals surface area contributed by atoms with Crippen molar-refractivity contribution in [1.29, 1.82) is 0 Å². The van der Waals surface area contributed by atoms with Crippen molar-refractivity contribution in [3.05, 3.63) is 215 Å². The molecule has 436 valence electrons. The molecule has 15 atom stereocenters. The van der Waals surface area contributed by atoms with Crippen LogP contribution in [0.5, 0.6) is 0 Å². The lowest BCUT2D eigenvalue weighted by atomic mass is 9.86. The van der Waals surface area contributed by atoms with E-state index in [9.17, 15) is 10.2 Å². The first-order valence-electron chi connectivity index (χ1n) is 28.8. The summed E-state index contributed by atoms with van der Waals surface area (Å²) in [5, 5.41) is 20.1. The summed E-state index contributed by atoms with van der Waals surface area (Å²) in [5.74, 6) is 0. The fourth-order valence-electron chi connectivity index (χ4n) is 10.9. The van der Waals surface area contributed by atoms with Gasteiger partial charge in [-0.2, -0.15) is 0 Å². The quantitative estimate of drug-likeness (QED) is 0.0739. The van der Waals surface area contributed by atoms with Gasteiger partial charge in [-0.15, -0.1) is 0 Å². The monoisotopic (exact) mass is 1120 g/mol. The molecule has 0 radical (unpaired) electrons. The van der Waals surface area contributed by atoms with Gasteiger partial charge in [0.05, 0.1) is 90.0 Å². The minimum atomic E-state index is -0.958. The molecule has 0 aliphatic carbocycles. The van der Waals surface area contributed by atoms with Gasteiger partial charge in [0.2, 0.25) is 0 Å². The second-order valence-corrected chi connectivity index (χ2v) is 21.4. The van der Waals surface area contributed by atoms with Crippen LogP contribution in [0.2, 0.25) is 13.6 Å². The van der Waals surface area contributed by atoms with E-state index in [4.69, 9.17) is 61.2 Å². The van der Waals surface area contributed by atoms with E-state index in [0.29, 0.717) is 52.9 Å². The Bertz CT molecular complexity index is 2570. The van der Waals surface area contributed by atoms with Gasteiger partial charge in [0, 0.05) is 0 Å². The van der Waals surface area contributed by atoms with Crippen LogP contribution in [0.15, 0.2) is 182 Å². The van der Waals surface area contributed by atoms with Crippen LogP contribution < -0.4 is 0 Å². The van der Waals surface area contributed by atoms with Crippen molar-refractivity contribution in [3.63, 3.8) is 0 Å². The van der Waals surface area contributed by atoms with Gasteiger partial charge in [-0.3, -0.25) is 0 Å². The molecule has 0 spiro atoms. The number of hydrogen-bond acceptors (Lipinski definition) is 15. The van der Waals surface area contributed by atoms with Crippen LogP contribution in [-0.4, -0.2) is 136 Å². The number of hydrogen-bond donors (Lipinski definition) is 2. The summed E-state index contributed by atoms with van der Waals surface area (Å²) in [6, 6.07) is 60.3. The Morgan fingerprint density at radius 2 is 0.634 bits per heavy atom. The maximum Gasteiger partial charge on any atom is 0.454 e. The van der Waals surface area contributed by atoms with Crippen LogP contribution in [0.4, 0.5) is 0 Å². The summed E-state index contributed by atoms with van der Waals surface area (Å²) in [4.78, 5) is 0. The Labute approximate surface area is 484 Å². The van der Waals surface area contributed by atoms with Crippen molar-refractivity contribution in [2.45, 2.75) is 166 Å². The number of aliphatic hydroxyl groups is 2. The third-order valence-corrected chi connectivity index (χ3v) is 15.2. The molecule has 0 amide bonds. The Kier molecular flexibility index (Phi) is 23.7. The SMILES string of the molecule is CB1OCC2OC(C)C(OCc3ccccc3)C(OCc3ccccc3)C2O1.CB1OCC2O[C@@H](C)C(OCc3ccccc3)[C@H](OCc3ccccc3)[C@@H]2O1.C[C@@H]1OC(CO)[C@@H](O)[C@H](OCc2ccccc2)C1OCc1ccccc1. The first kappa shape index (κ1) is 61.4. The molecule has 0 aromatic heterocycles. The van der Waals surface area contributed by atoms with Crippen LogP contribution in [0, 0.1) is 0 Å². The largest absolute Gasteiger partial charge is 0.454 e. The van der Waals surface area contributed by atoms with Crippen LogP contribution in [0.3, 0.4) is 0 Å². The predicted octanol–water partition coefficient (Wildman–Crippen LogP) is 9.25. The van der Waals surface area contributed by atoms with E-state index in [0.717, 1.165) is 33.4 Å². The molecule has 17 heteroatoms. The maximum atomic E-state index is 10.6. The average molecular weight is 1120 g/mol. The zero-order valence-electron chi connectivity index (χ0n) is 47.7. The van der Waals surface area contributed by atoms with Gasteiger partial charge in [0.15, 0.2) is 0 Å². The van der Waals surface area contributed by atoms with Crippen molar-refractivity contribution in [2.24, 2.45) is 0 Å². The first-order chi connectivity index (χ1) is 40.1. The normalized spacial score (nSPS) is 29.7. The minimum absolute atomic E-state index is 0.119. The molecule has 5 aliphatic rings. The zero-order valence-corrected chi connectivity index (χ0v) is 47.7. The molecular weight excluding hydrogens is 1040 g/mol. The molecule has 82 heavy (non-hydrogen) atoms. The lowest BCUT2D eigenvalue weighted by Crippen LogP contribution is -2.63. The molecule has 6 aromatic carbocycles. The fourth-order valence-corrected chi connectivity index (χ4v) is 10.9. The zero-order chi connectivity index (χ0) is 57.0. The van der Waals surface area contributed by atoms with E-state index in [1.807, 2.05) is 168 Å². The number of rotatable bonds is 19. The highest BCUT2D eigenvalue weighted by Crippen LogP contribution is 2.34. The molecule has 9 unspecified atom stereocenters. The predicted molar refractivity (Wildman–Crippen MR) is 311 cm³/mol. The number of benzene rings is 6. The minimum Gasteiger partial charge on any atom is -0.408 e. The Balaban J connectivity index is 0.000000148. The van der Waals surface area contributed by atoms with Gasteiger partial charge in [-0.1, -0.05) is 182 Å². The summed E-state index contributed by atoms with van der Waals surface area (Å²) >= 11 is 0. The van der Waals surface area contributed by atoms with Gasteiger partial charge in [-0.05, 0) is 67.8 Å². The Morgan fingerprint density at radius 1 is 0.378 bits per heavy atom. The summed E-state index contributed by atoms with van der Waals surface area (Å²) in [6.45, 7) is 13.3. The molecular formula is C65H80B2O15. The second-order valence-electron chi connectivity index (χ2n) is 21.4. The topological polar surface area (TPSA) is 160 Å². The second kappa shape index (κ2) is 31.7. The van der Waals surface area contributed by atoms with Crippen molar-refractivity contribution >= 4 is 14.2 Å². The average Bonchev–Trinajstić information content (AvgIpc) is 3.57. The molecule has 15 nitrogen and oxygen atoms in total. The molecule has 5 aliphatic heterocycles. The van der Waals surface area contributed by atoms with Crippen LogP contribution >= 0.6 is 0 Å². The summed E-state index contributed by atoms with van der Waals surface area (Å²) in [7, 11) is -0.563. The molecule has 0 saturated carbocycles. The molecule has 5 fully saturated rings. The third kappa shape index (κ3) is 17.5. The molecule has 2 N–H and O–H groups in total. The lowest BCUT2D eigenvalue weighted by molar-refractivity contribution is -0.259.